The highest BCUT2D eigenvalue weighted by Crippen LogP contribution is 2.25. The molecule has 1 aromatic heterocycles. The number of anilines is 1. The number of benzene rings is 2. The molecular weight excluding hydrogens is 340 g/mol. The summed E-state index contributed by atoms with van der Waals surface area (Å²) in [6.07, 6.45) is 2.97. The van der Waals surface area contributed by atoms with Crippen molar-refractivity contribution in [2.45, 2.75) is 20.8 Å². The minimum absolute atomic E-state index is 0.158. The van der Waals surface area contributed by atoms with Crippen LogP contribution in [0.25, 0.3) is 17.0 Å². The summed E-state index contributed by atoms with van der Waals surface area (Å²) in [4.78, 5) is 25.7. The molecule has 0 saturated carbocycles. The van der Waals surface area contributed by atoms with E-state index >= 15 is 0 Å². The molecular formula is C22H18N2O3. The molecule has 4 rings (SSSR count). The van der Waals surface area contributed by atoms with Gasteiger partial charge < -0.3 is 4.42 Å². The number of rotatable bonds is 2. The molecule has 0 radical (unpaired) electrons. The van der Waals surface area contributed by atoms with Crippen LogP contribution in [0, 0.1) is 13.8 Å². The first-order chi connectivity index (χ1) is 13.0. The summed E-state index contributed by atoms with van der Waals surface area (Å²) in [5.41, 5.74) is 4.27. The van der Waals surface area contributed by atoms with Gasteiger partial charge in [-0.15, -0.1) is 0 Å². The first-order valence-electron chi connectivity index (χ1n) is 8.65. The molecule has 0 saturated heterocycles. The van der Waals surface area contributed by atoms with Crippen molar-refractivity contribution in [3.05, 3.63) is 81.2 Å². The lowest BCUT2D eigenvalue weighted by Crippen LogP contribution is -2.21. The fourth-order valence-electron chi connectivity index (χ4n) is 3.29. The lowest BCUT2D eigenvalue weighted by molar-refractivity contribution is -0.114. The van der Waals surface area contributed by atoms with E-state index in [0.29, 0.717) is 33.5 Å². The number of para-hydroxylation sites is 1. The molecule has 0 spiro atoms. The van der Waals surface area contributed by atoms with Gasteiger partial charge in [0.2, 0.25) is 0 Å². The van der Waals surface area contributed by atoms with Gasteiger partial charge in [0.05, 0.1) is 27.9 Å². The van der Waals surface area contributed by atoms with Crippen molar-refractivity contribution in [3.8, 4) is 0 Å². The van der Waals surface area contributed by atoms with E-state index in [4.69, 9.17) is 4.42 Å². The van der Waals surface area contributed by atoms with Crippen LogP contribution < -0.4 is 10.4 Å². The van der Waals surface area contributed by atoms with E-state index in [1.807, 2.05) is 56.3 Å². The molecule has 0 bridgehead atoms. The first-order valence-corrected chi connectivity index (χ1v) is 8.65. The smallest absolute Gasteiger partial charge is 0.280 e. The van der Waals surface area contributed by atoms with Crippen molar-refractivity contribution in [3.63, 3.8) is 0 Å². The van der Waals surface area contributed by atoms with Crippen LogP contribution in [-0.2, 0) is 4.79 Å². The maximum Gasteiger partial charge on any atom is 0.280 e. The summed E-state index contributed by atoms with van der Waals surface area (Å²) in [5.74, 6) is -0.265. The Labute approximate surface area is 156 Å². The number of nitrogens with zero attached hydrogens (tertiary/aromatic N) is 2. The van der Waals surface area contributed by atoms with Gasteiger partial charge in [0.1, 0.15) is 11.8 Å². The molecule has 5 heteroatoms. The minimum Gasteiger partial charge on any atom is -0.463 e. The molecule has 1 aliphatic rings. The second kappa shape index (κ2) is 6.36. The third-order valence-corrected chi connectivity index (χ3v) is 4.59. The summed E-state index contributed by atoms with van der Waals surface area (Å²) in [6, 6.07) is 13.0. The minimum atomic E-state index is -0.265. The van der Waals surface area contributed by atoms with Gasteiger partial charge in [0.25, 0.3) is 5.91 Å². The molecule has 0 atom stereocenters. The highest BCUT2D eigenvalue weighted by atomic mass is 16.3. The quantitative estimate of drug-likeness (QED) is 0.645. The van der Waals surface area contributed by atoms with Crippen molar-refractivity contribution in [1.29, 1.82) is 0 Å². The number of carbonyl (C=O) groups is 1. The SMILES string of the molecule is CC1=NN(c2ccccc2)C(=O)C1=Cc1coc2c(C)cc(C)cc2c1=O. The Morgan fingerprint density at radius 2 is 1.78 bits per heavy atom. The van der Waals surface area contributed by atoms with E-state index < -0.39 is 0 Å². The molecule has 134 valence electrons. The molecule has 1 amide bonds. The van der Waals surface area contributed by atoms with Crippen LogP contribution in [-0.4, -0.2) is 11.6 Å². The Hall–Kier alpha value is -3.47. The van der Waals surface area contributed by atoms with Crippen molar-refractivity contribution in [2.75, 3.05) is 5.01 Å². The maximum atomic E-state index is 12.9. The molecule has 0 aliphatic carbocycles. The number of carbonyl (C=O) groups excluding carboxylic acids is 1. The summed E-state index contributed by atoms with van der Waals surface area (Å²) < 4.78 is 5.69. The summed E-state index contributed by atoms with van der Waals surface area (Å²) >= 11 is 0. The van der Waals surface area contributed by atoms with Crippen LogP contribution in [0.5, 0.6) is 0 Å². The Kier molecular flexibility index (Phi) is 4.00. The van der Waals surface area contributed by atoms with Crippen LogP contribution in [0.2, 0.25) is 0 Å². The van der Waals surface area contributed by atoms with Crippen LogP contribution in [0.15, 0.2) is 68.6 Å². The van der Waals surface area contributed by atoms with Gasteiger partial charge in [-0.3, -0.25) is 9.59 Å². The predicted octanol–water partition coefficient (Wildman–Crippen LogP) is 4.22. The standard InChI is InChI=1S/C22H18N2O3/c1-13-9-14(2)21-19(10-13)20(25)16(12-27-21)11-18-15(3)23-24(22(18)26)17-7-5-4-6-8-17/h4-12H,1-3H3. The largest absolute Gasteiger partial charge is 0.463 e. The van der Waals surface area contributed by atoms with Gasteiger partial charge in [-0.2, -0.15) is 10.1 Å². The van der Waals surface area contributed by atoms with E-state index in [1.165, 1.54) is 11.3 Å². The van der Waals surface area contributed by atoms with Gasteiger partial charge in [0, 0.05) is 0 Å². The van der Waals surface area contributed by atoms with Crippen LogP contribution in [0.1, 0.15) is 23.6 Å². The van der Waals surface area contributed by atoms with Gasteiger partial charge in [0.15, 0.2) is 5.43 Å². The second-order valence-corrected chi connectivity index (χ2v) is 6.67. The highest BCUT2D eigenvalue weighted by molar-refractivity contribution is 6.32. The molecule has 27 heavy (non-hydrogen) atoms. The Morgan fingerprint density at radius 3 is 2.52 bits per heavy atom. The lowest BCUT2D eigenvalue weighted by atomic mass is 10.0. The molecule has 2 aromatic carbocycles. The number of hydrazone groups is 1. The molecule has 1 aliphatic heterocycles. The monoisotopic (exact) mass is 358 g/mol. The van der Waals surface area contributed by atoms with Gasteiger partial charge in [-0.1, -0.05) is 24.3 Å². The zero-order chi connectivity index (χ0) is 19.1. The van der Waals surface area contributed by atoms with Crippen molar-refractivity contribution < 1.29 is 9.21 Å². The lowest BCUT2D eigenvalue weighted by Gasteiger charge is -2.11. The number of amides is 1. The highest BCUT2D eigenvalue weighted by Gasteiger charge is 2.29. The second-order valence-electron chi connectivity index (χ2n) is 6.67. The number of hydrogen-bond acceptors (Lipinski definition) is 4. The fraction of sp³-hybridized carbons (Fsp3) is 0.136. The van der Waals surface area contributed by atoms with Crippen LogP contribution in [0.3, 0.4) is 0 Å². The van der Waals surface area contributed by atoms with Gasteiger partial charge in [-0.05, 0) is 56.2 Å². The van der Waals surface area contributed by atoms with Gasteiger partial charge >= 0.3 is 0 Å². The average molecular weight is 358 g/mol. The molecule has 0 N–H and O–H groups in total. The van der Waals surface area contributed by atoms with E-state index in [-0.39, 0.29) is 11.3 Å². The van der Waals surface area contributed by atoms with Crippen molar-refractivity contribution in [1.82, 2.24) is 0 Å². The fourth-order valence-corrected chi connectivity index (χ4v) is 3.29. The van der Waals surface area contributed by atoms with E-state index in [0.717, 1.165) is 11.1 Å². The maximum absolute atomic E-state index is 12.9. The van der Waals surface area contributed by atoms with Crippen molar-refractivity contribution in [2.24, 2.45) is 5.10 Å². The molecule has 0 fully saturated rings. The molecule has 2 heterocycles. The zero-order valence-electron chi connectivity index (χ0n) is 15.3. The Morgan fingerprint density at radius 1 is 1.04 bits per heavy atom. The molecule has 5 nitrogen and oxygen atoms in total. The molecule has 0 unspecified atom stereocenters. The predicted molar refractivity (Wildman–Crippen MR) is 107 cm³/mol. The number of hydrogen-bond donors (Lipinski definition) is 0. The van der Waals surface area contributed by atoms with Crippen molar-refractivity contribution >= 4 is 34.4 Å². The summed E-state index contributed by atoms with van der Waals surface area (Å²) in [7, 11) is 0. The third-order valence-electron chi connectivity index (χ3n) is 4.59. The van der Waals surface area contributed by atoms with Gasteiger partial charge in [-0.25, -0.2) is 0 Å². The number of fused-ring (bicyclic) bond motifs is 1. The zero-order valence-corrected chi connectivity index (χ0v) is 15.3. The first kappa shape index (κ1) is 17.0. The topological polar surface area (TPSA) is 62.9 Å². The Balaban J connectivity index is 1.80. The summed E-state index contributed by atoms with van der Waals surface area (Å²) in [6.45, 7) is 5.60. The van der Waals surface area contributed by atoms with Crippen LogP contribution >= 0.6 is 0 Å². The average Bonchev–Trinajstić information content (AvgIpc) is 2.93. The van der Waals surface area contributed by atoms with E-state index in [2.05, 4.69) is 5.10 Å². The third kappa shape index (κ3) is 2.87. The summed E-state index contributed by atoms with van der Waals surface area (Å²) in [5, 5.41) is 6.20. The molecule has 3 aromatic rings. The Bertz CT molecular complexity index is 1190. The van der Waals surface area contributed by atoms with E-state index in [9.17, 15) is 9.59 Å². The van der Waals surface area contributed by atoms with Crippen LogP contribution in [0.4, 0.5) is 5.69 Å². The number of aryl methyl sites for hydroxylation is 2. The van der Waals surface area contributed by atoms with E-state index in [1.54, 1.807) is 13.0 Å². The normalized spacial score (nSPS) is 15.7.